The van der Waals surface area contributed by atoms with Crippen LogP contribution in [0.1, 0.15) is 43.4 Å². The van der Waals surface area contributed by atoms with Gasteiger partial charge in [0.15, 0.2) is 0 Å². The van der Waals surface area contributed by atoms with Crippen LogP contribution in [0.15, 0.2) is 24.3 Å². The maximum absolute atomic E-state index is 12.0. The molecule has 0 aromatic heterocycles. The highest BCUT2D eigenvalue weighted by Crippen LogP contribution is 2.48. The van der Waals surface area contributed by atoms with Crippen LogP contribution in [0.2, 0.25) is 0 Å². The molecule has 0 aliphatic heterocycles. The highest BCUT2D eigenvalue weighted by Gasteiger charge is 2.42. The Morgan fingerprint density at radius 3 is 2.64 bits per heavy atom. The normalized spacial score (nSPS) is 16.4. The number of nitrogens with one attached hydrogen (secondary N) is 2. The molecule has 22 heavy (non-hydrogen) atoms. The Hall–Kier alpha value is -2.06. The second kappa shape index (κ2) is 7.28. The van der Waals surface area contributed by atoms with Gasteiger partial charge < -0.3 is 15.4 Å². The first kappa shape index (κ1) is 16.3. The summed E-state index contributed by atoms with van der Waals surface area (Å²) < 4.78 is 5.11. The first-order valence-electron chi connectivity index (χ1n) is 7.62. The maximum Gasteiger partial charge on any atom is 0.315 e. The summed E-state index contributed by atoms with van der Waals surface area (Å²) in [7, 11) is 1.70. The summed E-state index contributed by atoms with van der Waals surface area (Å²) in [6.45, 7) is 3.37. The number of amides is 2. The fourth-order valence-corrected chi connectivity index (χ4v) is 2.46. The first-order valence-corrected chi connectivity index (χ1v) is 7.62. The molecule has 1 saturated carbocycles. The Kier molecular flexibility index (Phi) is 5.40. The van der Waals surface area contributed by atoms with E-state index in [-0.39, 0.29) is 17.5 Å². The highest BCUT2D eigenvalue weighted by molar-refractivity contribution is 5.74. The molecular weight excluding hydrogens is 278 g/mol. The quantitative estimate of drug-likeness (QED) is 0.813. The van der Waals surface area contributed by atoms with E-state index in [9.17, 15) is 4.79 Å². The van der Waals surface area contributed by atoms with Crippen LogP contribution in [0, 0.1) is 16.7 Å². The number of carbonyl (C=O) groups excluding carboxylic acids is 1. The Morgan fingerprint density at radius 2 is 2.09 bits per heavy atom. The molecule has 2 N–H and O–H groups in total. The van der Waals surface area contributed by atoms with Crippen LogP contribution in [0.25, 0.3) is 0 Å². The summed E-state index contributed by atoms with van der Waals surface area (Å²) in [4.78, 5) is 12.0. The van der Waals surface area contributed by atoms with Gasteiger partial charge in [-0.3, -0.25) is 0 Å². The van der Waals surface area contributed by atoms with Gasteiger partial charge in [-0.1, -0.05) is 12.1 Å². The van der Waals surface area contributed by atoms with Crippen LogP contribution in [0.4, 0.5) is 4.79 Å². The molecule has 1 aliphatic rings. The van der Waals surface area contributed by atoms with Gasteiger partial charge in [-0.15, -0.1) is 0 Å². The lowest BCUT2D eigenvalue weighted by atomic mass is 10.0. The number of hydrogen-bond acceptors (Lipinski definition) is 3. The van der Waals surface area contributed by atoms with E-state index in [1.165, 1.54) is 0 Å². The average Bonchev–Trinajstić information content (AvgIpc) is 3.31. The monoisotopic (exact) mass is 301 g/mol. The number of nitrogens with zero attached hydrogens (tertiary/aromatic N) is 1. The van der Waals surface area contributed by atoms with Crippen LogP contribution >= 0.6 is 0 Å². The van der Waals surface area contributed by atoms with Crippen molar-refractivity contribution in [3.63, 3.8) is 0 Å². The van der Waals surface area contributed by atoms with Crippen LogP contribution < -0.4 is 10.6 Å². The van der Waals surface area contributed by atoms with Crippen molar-refractivity contribution >= 4 is 6.03 Å². The molecule has 5 heteroatoms. The minimum atomic E-state index is -0.152. The Bertz CT molecular complexity index is 544. The van der Waals surface area contributed by atoms with Crippen molar-refractivity contribution in [2.45, 2.75) is 32.2 Å². The van der Waals surface area contributed by atoms with E-state index in [1.807, 2.05) is 19.1 Å². The van der Waals surface area contributed by atoms with Gasteiger partial charge in [-0.05, 0) is 49.3 Å². The number of ether oxygens (including phenoxy) is 1. The van der Waals surface area contributed by atoms with Gasteiger partial charge in [-0.2, -0.15) is 5.26 Å². The van der Waals surface area contributed by atoms with Crippen LogP contribution in [-0.4, -0.2) is 26.3 Å². The molecule has 1 aromatic rings. The molecule has 1 aromatic carbocycles. The zero-order valence-corrected chi connectivity index (χ0v) is 13.2. The molecule has 2 amide bonds. The van der Waals surface area contributed by atoms with Crippen molar-refractivity contribution in [1.82, 2.24) is 10.6 Å². The zero-order valence-electron chi connectivity index (χ0n) is 13.2. The molecule has 2 rings (SSSR count). The predicted octanol–water partition coefficient (Wildman–Crippen LogP) is 2.74. The van der Waals surface area contributed by atoms with Crippen molar-refractivity contribution in [3.8, 4) is 6.07 Å². The number of urea groups is 1. The first-order chi connectivity index (χ1) is 10.6. The number of carbonyl (C=O) groups is 1. The lowest BCUT2D eigenvalue weighted by Gasteiger charge is -2.18. The van der Waals surface area contributed by atoms with Gasteiger partial charge in [0, 0.05) is 20.3 Å². The van der Waals surface area contributed by atoms with E-state index >= 15 is 0 Å². The third-order valence-corrected chi connectivity index (χ3v) is 4.30. The molecule has 0 bridgehead atoms. The summed E-state index contributed by atoms with van der Waals surface area (Å²) in [5.74, 6) is 0. The Morgan fingerprint density at radius 1 is 1.41 bits per heavy atom. The largest absolute Gasteiger partial charge is 0.385 e. The van der Waals surface area contributed by atoms with Gasteiger partial charge in [0.2, 0.25) is 0 Å². The molecular formula is C17H23N3O2. The number of rotatable bonds is 7. The molecule has 0 heterocycles. The van der Waals surface area contributed by atoms with E-state index in [4.69, 9.17) is 10.00 Å². The van der Waals surface area contributed by atoms with Crippen molar-refractivity contribution in [2.24, 2.45) is 5.41 Å². The van der Waals surface area contributed by atoms with E-state index < -0.39 is 0 Å². The minimum Gasteiger partial charge on any atom is -0.385 e. The Balaban J connectivity index is 1.77. The summed E-state index contributed by atoms with van der Waals surface area (Å²) in [6, 6.07) is 9.09. The fourth-order valence-electron chi connectivity index (χ4n) is 2.46. The summed E-state index contributed by atoms with van der Waals surface area (Å²) in [5, 5.41) is 14.7. The smallest absolute Gasteiger partial charge is 0.315 e. The molecule has 1 aliphatic carbocycles. The second-order valence-corrected chi connectivity index (χ2v) is 6.03. The van der Waals surface area contributed by atoms with Crippen molar-refractivity contribution in [3.05, 3.63) is 35.4 Å². The van der Waals surface area contributed by atoms with E-state index in [2.05, 4.69) is 16.7 Å². The van der Waals surface area contributed by atoms with E-state index in [0.29, 0.717) is 12.1 Å². The van der Waals surface area contributed by atoms with Gasteiger partial charge in [-0.25, -0.2) is 4.79 Å². The fraction of sp³-hybridized carbons (Fsp3) is 0.529. The summed E-state index contributed by atoms with van der Waals surface area (Å²) >= 11 is 0. The van der Waals surface area contributed by atoms with Crippen LogP contribution in [0.5, 0.6) is 0 Å². The summed E-state index contributed by atoms with van der Waals surface area (Å²) in [5.41, 5.74) is 1.84. The molecule has 1 atom stereocenters. The van der Waals surface area contributed by atoms with Gasteiger partial charge in [0.25, 0.3) is 0 Å². The molecule has 0 saturated heterocycles. The van der Waals surface area contributed by atoms with Gasteiger partial charge >= 0.3 is 6.03 Å². The standard InChI is InChI=1S/C17H23N3O2/c1-13(15-5-3-14(11-18)4-6-15)20-16(21)19-12-17(7-8-17)9-10-22-2/h3-6,13H,7-10,12H2,1-2H3,(H2,19,20,21). The average molecular weight is 301 g/mol. The zero-order chi connectivity index (χ0) is 16.0. The lowest BCUT2D eigenvalue weighted by molar-refractivity contribution is 0.171. The van der Waals surface area contributed by atoms with Crippen molar-refractivity contribution in [2.75, 3.05) is 20.3 Å². The second-order valence-electron chi connectivity index (χ2n) is 6.03. The Labute approximate surface area is 131 Å². The van der Waals surface area contributed by atoms with Gasteiger partial charge in [0.1, 0.15) is 0 Å². The lowest BCUT2D eigenvalue weighted by Crippen LogP contribution is -2.40. The topological polar surface area (TPSA) is 74.2 Å². The third-order valence-electron chi connectivity index (χ3n) is 4.30. The van der Waals surface area contributed by atoms with Crippen molar-refractivity contribution in [1.29, 1.82) is 5.26 Å². The maximum atomic E-state index is 12.0. The number of benzene rings is 1. The molecule has 5 nitrogen and oxygen atoms in total. The molecule has 118 valence electrons. The molecule has 0 radical (unpaired) electrons. The number of methoxy groups -OCH3 is 1. The molecule has 1 fully saturated rings. The number of hydrogen-bond donors (Lipinski definition) is 2. The van der Waals surface area contributed by atoms with Gasteiger partial charge in [0.05, 0.1) is 17.7 Å². The summed E-state index contributed by atoms with van der Waals surface area (Å²) in [6.07, 6.45) is 3.30. The van der Waals surface area contributed by atoms with Crippen LogP contribution in [-0.2, 0) is 4.74 Å². The van der Waals surface area contributed by atoms with E-state index in [0.717, 1.165) is 31.4 Å². The predicted molar refractivity (Wildman–Crippen MR) is 84.3 cm³/mol. The van der Waals surface area contributed by atoms with Crippen LogP contribution in [0.3, 0.4) is 0 Å². The third kappa shape index (κ3) is 4.47. The van der Waals surface area contributed by atoms with E-state index in [1.54, 1.807) is 19.2 Å². The SMILES string of the molecule is COCCC1(CNC(=O)NC(C)c2ccc(C#N)cc2)CC1. The molecule has 1 unspecified atom stereocenters. The highest BCUT2D eigenvalue weighted by atomic mass is 16.5. The molecule has 0 spiro atoms. The van der Waals surface area contributed by atoms with Crippen molar-refractivity contribution < 1.29 is 9.53 Å². The number of nitriles is 1. The minimum absolute atomic E-state index is 0.0955.